The monoisotopic (exact) mass is 370 g/mol. The van der Waals surface area contributed by atoms with Gasteiger partial charge in [0.15, 0.2) is 0 Å². The summed E-state index contributed by atoms with van der Waals surface area (Å²) in [6.45, 7) is 0. The van der Waals surface area contributed by atoms with Crippen molar-refractivity contribution in [2.24, 2.45) is 7.05 Å². The predicted octanol–water partition coefficient (Wildman–Crippen LogP) is 4.84. The average Bonchev–Trinajstić information content (AvgIpc) is 3.07. The normalized spacial score (nSPS) is 11.7. The van der Waals surface area contributed by atoms with Gasteiger partial charge in [-0.25, -0.2) is 4.98 Å². The Bertz CT molecular complexity index is 1120. The topological polar surface area (TPSA) is 52.8 Å². The van der Waals surface area contributed by atoms with Crippen LogP contribution in [0.25, 0.3) is 22.0 Å². The summed E-state index contributed by atoms with van der Waals surface area (Å²) >= 11 is 0. The van der Waals surface area contributed by atoms with Crippen molar-refractivity contribution >= 4 is 10.9 Å². The molecule has 8 heteroatoms. The summed E-state index contributed by atoms with van der Waals surface area (Å²) in [5.74, 6) is 0.247. The molecule has 136 valence electrons. The van der Waals surface area contributed by atoms with Crippen LogP contribution in [0.5, 0.6) is 11.6 Å². The molecule has 0 spiro atoms. The van der Waals surface area contributed by atoms with Crippen LogP contribution < -0.4 is 4.74 Å². The molecule has 0 saturated heterocycles. The summed E-state index contributed by atoms with van der Waals surface area (Å²) in [4.78, 5) is 8.34. The quantitative estimate of drug-likeness (QED) is 0.518. The molecule has 0 bridgehead atoms. The minimum Gasteiger partial charge on any atom is -0.438 e. The van der Waals surface area contributed by atoms with Gasteiger partial charge in [-0.3, -0.25) is 9.67 Å². The smallest absolute Gasteiger partial charge is 0.416 e. The minimum atomic E-state index is -4.48. The molecule has 0 saturated carbocycles. The van der Waals surface area contributed by atoms with E-state index in [2.05, 4.69) is 15.1 Å². The second-order valence-corrected chi connectivity index (χ2v) is 5.93. The molecule has 3 heterocycles. The number of fused-ring (bicyclic) bond motifs is 1. The van der Waals surface area contributed by atoms with Crippen LogP contribution >= 0.6 is 0 Å². The first-order valence-corrected chi connectivity index (χ1v) is 7.99. The van der Waals surface area contributed by atoms with Gasteiger partial charge in [-0.2, -0.15) is 18.3 Å². The summed E-state index contributed by atoms with van der Waals surface area (Å²) in [6.07, 6.45) is 2.03. The van der Waals surface area contributed by atoms with Gasteiger partial charge < -0.3 is 4.74 Å². The Morgan fingerprint density at radius 2 is 1.89 bits per heavy atom. The van der Waals surface area contributed by atoms with Crippen molar-refractivity contribution in [3.63, 3.8) is 0 Å². The van der Waals surface area contributed by atoms with E-state index in [1.165, 1.54) is 6.07 Å². The average molecular weight is 370 g/mol. The second-order valence-electron chi connectivity index (χ2n) is 5.93. The molecule has 0 atom stereocenters. The number of nitrogens with zero attached hydrogens (tertiary/aromatic N) is 4. The third-order valence-corrected chi connectivity index (χ3v) is 4.00. The second kappa shape index (κ2) is 6.39. The lowest BCUT2D eigenvalue weighted by Gasteiger charge is -2.13. The molecular weight excluding hydrogens is 357 g/mol. The van der Waals surface area contributed by atoms with Crippen LogP contribution in [0.4, 0.5) is 13.2 Å². The van der Waals surface area contributed by atoms with Gasteiger partial charge in [-0.05, 0) is 30.3 Å². The first-order valence-electron chi connectivity index (χ1n) is 7.99. The molecule has 0 aliphatic carbocycles. The molecule has 4 aromatic rings. The van der Waals surface area contributed by atoms with Crippen LogP contribution in [0.15, 0.2) is 61.2 Å². The lowest BCUT2D eigenvalue weighted by Crippen LogP contribution is -2.05. The largest absolute Gasteiger partial charge is 0.438 e. The van der Waals surface area contributed by atoms with Gasteiger partial charge in [0.25, 0.3) is 0 Å². The van der Waals surface area contributed by atoms with Crippen LogP contribution in [0, 0.1) is 0 Å². The number of halogens is 3. The summed E-state index contributed by atoms with van der Waals surface area (Å²) in [7, 11) is 1.73. The summed E-state index contributed by atoms with van der Waals surface area (Å²) < 4.78 is 46.8. The molecule has 0 fully saturated rings. The van der Waals surface area contributed by atoms with E-state index in [1.807, 2.05) is 0 Å². The van der Waals surface area contributed by atoms with E-state index in [0.717, 1.165) is 17.5 Å². The van der Waals surface area contributed by atoms with E-state index in [0.29, 0.717) is 16.6 Å². The van der Waals surface area contributed by atoms with Crippen molar-refractivity contribution in [3.8, 4) is 22.8 Å². The Kier molecular flexibility index (Phi) is 4.02. The van der Waals surface area contributed by atoms with Crippen LogP contribution in [0.3, 0.4) is 0 Å². The predicted molar refractivity (Wildman–Crippen MR) is 93.3 cm³/mol. The Morgan fingerprint density at radius 3 is 2.63 bits per heavy atom. The van der Waals surface area contributed by atoms with Crippen molar-refractivity contribution in [1.82, 2.24) is 19.7 Å². The van der Waals surface area contributed by atoms with E-state index < -0.39 is 11.7 Å². The zero-order valence-electron chi connectivity index (χ0n) is 14.1. The number of alkyl halides is 3. The summed E-state index contributed by atoms with van der Waals surface area (Å²) in [5, 5.41) is 4.88. The summed E-state index contributed by atoms with van der Waals surface area (Å²) in [5.41, 5.74) is 0.978. The van der Waals surface area contributed by atoms with Crippen molar-refractivity contribution < 1.29 is 17.9 Å². The molecule has 5 nitrogen and oxygen atoms in total. The molecule has 0 aliphatic heterocycles. The van der Waals surface area contributed by atoms with Crippen molar-refractivity contribution in [2.75, 3.05) is 0 Å². The highest BCUT2D eigenvalue weighted by atomic mass is 19.4. The van der Waals surface area contributed by atoms with E-state index in [-0.39, 0.29) is 11.6 Å². The lowest BCUT2D eigenvalue weighted by atomic mass is 10.1. The van der Waals surface area contributed by atoms with Crippen molar-refractivity contribution in [3.05, 3.63) is 66.7 Å². The maximum atomic E-state index is 13.2. The highest BCUT2D eigenvalue weighted by Gasteiger charge is 2.31. The number of rotatable bonds is 3. The number of ether oxygens (including phenoxy) is 1. The highest BCUT2D eigenvalue weighted by Crippen LogP contribution is 2.38. The Balaban J connectivity index is 1.80. The molecule has 0 unspecified atom stereocenters. The van der Waals surface area contributed by atoms with Gasteiger partial charge in [-0.15, -0.1) is 0 Å². The maximum Gasteiger partial charge on any atom is 0.416 e. The number of pyridine rings is 2. The fraction of sp³-hybridized carbons (Fsp3) is 0.105. The Hall–Kier alpha value is -3.42. The Labute approximate surface area is 152 Å². The third-order valence-electron chi connectivity index (χ3n) is 4.00. The molecule has 0 radical (unpaired) electrons. The van der Waals surface area contributed by atoms with E-state index >= 15 is 0 Å². The van der Waals surface area contributed by atoms with Crippen molar-refractivity contribution in [2.45, 2.75) is 6.18 Å². The molecule has 0 N–H and O–H groups in total. The standard InChI is InChI=1S/C19H13F3N4O/c1-26-11-13(10-24-26)15-4-3-14(19(20,21)22)8-17(15)27-18-5-2-12-9-23-7-6-16(12)25-18/h2-11H,1H3. The zero-order valence-corrected chi connectivity index (χ0v) is 14.1. The number of hydrogen-bond acceptors (Lipinski definition) is 4. The van der Waals surface area contributed by atoms with Crippen LogP contribution in [0.1, 0.15) is 5.56 Å². The van der Waals surface area contributed by atoms with Crippen molar-refractivity contribution in [1.29, 1.82) is 0 Å². The van der Waals surface area contributed by atoms with E-state index in [1.54, 1.807) is 54.7 Å². The van der Waals surface area contributed by atoms with Crippen LogP contribution in [0.2, 0.25) is 0 Å². The van der Waals surface area contributed by atoms with Crippen LogP contribution in [-0.4, -0.2) is 19.7 Å². The molecule has 27 heavy (non-hydrogen) atoms. The first-order chi connectivity index (χ1) is 12.9. The van der Waals surface area contributed by atoms with E-state index in [9.17, 15) is 13.2 Å². The van der Waals surface area contributed by atoms with Gasteiger partial charge >= 0.3 is 6.18 Å². The Morgan fingerprint density at radius 1 is 1.04 bits per heavy atom. The molecule has 4 rings (SSSR count). The highest BCUT2D eigenvalue weighted by molar-refractivity contribution is 5.78. The SMILES string of the molecule is Cn1cc(-c2ccc(C(F)(F)F)cc2Oc2ccc3cnccc3n2)cn1. The number of benzene rings is 1. The number of aryl methyl sites for hydroxylation is 1. The molecule has 3 aromatic heterocycles. The van der Waals surface area contributed by atoms with Gasteiger partial charge in [0.1, 0.15) is 5.75 Å². The first kappa shape index (κ1) is 17.0. The lowest BCUT2D eigenvalue weighted by molar-refractivity contribution is -0.137. The molecule has 1 aromatic carbocycles. The minimum absolute atomic E-state index is 0.0544. The fourth-order valence-electron chi connectivity index (χ4n) is 2.70. The molecule has 0 aliphatic rings. The maximum absolute atomic E-state index is 13.2. The molecule has 0 amide bonds. The van der Waals surface area contributed by atoms with Gasteiger partial charge in [-0.1, -0.05) is 0 Å². The number of hydrogen-bond donors (Lipinski definition) is 0. The van der Waals surface area contributed by atoms with Gasteiger partial charge in [0.2, 0.25) is 5.88 Å². The fourth-order valence-corrected chi connectivity index (χ4v) is 2.70. The van der Waals surface area contributed by atoms with Crippen LogP contribution in [-0.2, 0) is 13.2 Å². The zero-order chi connectivity index (χ0) is 19.0. The summed E-state index contributed by atoms with van der Waals surface area (Å²) in [6, 6.07) is 8.42. The number of aromatic nitrogens is 4. The third kappa shape index (κ3) is 3.46. The molecular formula is C19H13F3N4O. The van der Waals surface area contributed by atoms with E-state index in [4.69, 9.17) is 4.74 Å². The van der Waals surface area contributed by atoms with Gasteiger partial charge in [0.05, 0.1) is 17.3 Å². The van der Waals surface area contributed by atoms with Gasteiger partial charge in [0, 0.05) is 48.2 Å².